The molecular formula is C14H14N2O3. The van der Waals surface area contributed by atoms with Gasteiger partial charge in [0.2, 0.25) is 5.75 Å². The van der Waals surface area contributed by atoms with E-state index in [9.17, 15) is 10.1 Å². The minimum Gasteiger partial charge on any atom is -0.450 e. The molecule has 0 aliphatic rings. The first-order valence-corrected chi connectivity index (χ1v) is 5.76. The zero-order valence-electron chi connectivity index (χ0n) is 10.7. The van der Waals surface area contributed by atoms with E-state index in [1.807, 2.05) is 32.0 Å². The monoisotopic (exact) mass is 258 g/mol. The van der Waals surface area contributed by atoms with Crippen LogP contribution in [0.15, 0.2) is 36.4 Å². The van der Waals surface area contributed by atoms with Gasteiger partial charge in [-0.1, -0.05) is 12.1 Å². The Hall–Kier alpha value is -2.56. The number of anilines is 1. The topological polar surface area (TPSA) is 78.4 Å². The van der Waals surface area contributed by atoms with E-state index in [4.69, 9.17) is 10.5 Å². The average molecular weight is 258 g/mol. The molecule has 5 nitrogen and oxygen atoms in total. The SMILES string of the molecule is Cc1cc(C)cc(Oc2cccc(N)c2[N+](=O)[O-])c1. The van der Waals surface area contributed by atoms with Crippen molar-refractivity contribution in [1.29, 1.82) is 0 Å². The Bertz CT molecular complexity index is 618. The lowest BCUT2D eigenvalue weighted by atomic mass is 10.1. The van der Waals surface area contributed by atoms with Crippen LogP contribution in [0.2, 0.25) is 0 Å². The number of nitrogens with zero attached hydrogens (tertiary/aromatic N) is 1. The van der Waals surface area contributed by atoms with Gasteiger partial charge in [-0.05, 0) is 49.2 Å². The van der Waals surface area contributed by atoms with Gasteiger partial charge in [-0.25, -0.2) is 0 Å². The van der Waals surface area contributed by atoms with Crippen molar-refractivity contribution in [3.05, 3.63) is 57.6 Å². The van der Waals surface area contributed by atoms with E-state index in [0.717, 1.165) is 11.1 Å². The van der Waals surface area contributed by atoms with Crippen molar-refractivity contribution in [1.82, 2.24) is 0 Å². The van der Waals surface area contributed by atoms with Crippen LogP contribution in [0, 0.1) is 24.0 Å². The van der Waals surface area contributed by atoms with Gasteiger partial charge in [0, 0.05) is 0 Å². The predicted molar refractivity (Wildman–Crippen MR) is 73.5 cm³/mol. The molecule has 2 N–H and O–H groups in total. The van der Waals surface area contributed by atoms with Gasteiger partial charge in [-0.3, -0.25) is 10.1 Å². The number of aryl methyl sites for hydroxylation is 2. The van der Waals surface area contributed by atoms with E-state index < -0.39 is 4.92 Å². The molecular weight excluding hydrogens is 244 g/mol. The van der Waals surface area contributed by atoms with Crippen LogP contribution in [0.1, 0.15) is 11.1 Å². The highest BCUT2D eigenvalue weighted by atomic mass is 16.6. The molecule has 0 atom stereocenters. The predicted octanol–water partition coefficient (Wildman–Crippen LogP) is 3.59. The average Bonchev–Trinajstić information content (AvgIpc) is 2.26. The molecule has 0 fully saturated rings. The lowest BCUT2D eigenvalue weighted by molar-refractivity contribution is -0.384. The first-order valence-electron chi connectivity index (χ1n) is 5.76. The highest BCUT2D eigenvalue weighted by molar-refractivity contribution is 5.66. The van der Waals surface area contributed by atoms with Gasteiger partial charge in [0.05, 0.1) is 4.92 Å². The number of hydrogen-bond donors (Lipinski definition) is 1. The van der Waals surface area contributed by atoms with Crippen LogP contribution in [-0.2, 0) is 0 Å². The summed E-state index contributed by atoms with van der Waals surface area (Å²) >= 11 is 0. The van der Waals surface area contributed by atoms with Crippen LogP contribution in [0.3, 0.4) is 0 Å². The molecule has 0 aliphatic carbocycles. The van der Waals surface area contributed by atoms with Crippen LogP contribution in [0.25, 0.3) is 0 Å². The van der Waals surface area contributed by atoms with E-state index in [1.165, 1.54) is 12.1 Å². The number of nitrogen functional groups attached to an aromatic ring is 1. The Morgan fingerprint density at radius 1 is 1.16 bits per heavy atom. The molecule has 0 aromatic heterocycles. The molecule has 2 rings (SSSR count). The second-order valence-electron chi connectivity index (χ2n) is 4.38. The van der Waals surface area contributed by atoms with Crippen molar-refractivity contribution in [3.63, 3.8) is 0 Å². The molecule has 5 heteroatoms. The summed E-state index contributed by atoms with van der Waals surface area (Å²) in [4.78, 5) is 10.5. The van der Waals surface area contributed by atoms with E-state index in [2.05, 4.69) is 0 Å². The van der Waals surface area contributed by atoms with Crippen LogP contribution in [0.5, 0.6) is 11.5 Å². The van der Waals surface area contributed by atoms with Crippen molar-refractivity contribution in [2.75, 3.05) is 5.73 Å². The van der Waals surface area contributed by atoms with Gasteiger partial charge in [-0.15, -0.1) is 0 Å². The first kappa shape index (κ1) is 12.9. The highest BCUT2D eigenvalue weighted by Gasteiger charge is 2.19. The standard InChI is InChI=1S/C14H14N2O3/c1-9-6-10(2)8-11(7-9)19-13-5-3-4-12(15)14(13)16(17)18/h3-8H,15H2,1-2H3. The Balaban J connectivity index is 2.43. The van der Waals surface area contributed by atoms with Gasteiger partial charge in [0.25, 0.3) is 0 Å². The molecule has 0 bridgehead atoms. The van der Waals surface area contributed by atoms with Gasteiger partial charge in [-0.2, -0.15) is 0 Å². The van der Waals surface area contributed by atoms with Crippen molar-refractivity contribution >= 4 is 11.4 Å². The first-order chi connectivity index (χ1) is 8.97. The van der Waals surface area contributed by atoms with E-state index in [1.54, 1.807) is 6.07 Å². The van der Waals surface area contributed by atoms with Crippen LogP contribution >= 0.6 is 0 Å². The summed E-state index contributed by atoms with van der Waals surface area (Å²) in [5.41, 5.74) is 7.56. The van der Waals surface area contributed by atoms with Gasteiger partial charge in [0.1, 0.15) is 11.4 Å². The molecule has 0 saturated heterocycles. The number of ether oxygens (including phenoxy) is 1. The Morgan fingerprint density at radius 3 is 2.37 bits per heavy atom. The molecule has 0 spiro atoms. The number of rotatable bonds is 3. The van der Waals surface area contributed by atoms with Crippen molar-refractivity contribution < 1.29 is 9.66 Å². The maximum Gasteiger partial charge on any atom is 0.334 e. The maximum atomic E-state index is 11.0. The molecule has 2 aromatic carbocycles. The summed E-state index contributed by atoms with van der Waals surface area (Å²) in [6.45, 7) is 3.88. The molecule has 19 heavy (non-hydrogen) atoms. The molecule has 0 radical (unpaired) electrons. The fourth-order valence-corrected chi connectivity index (χ4v) is 1.94. The Labute approximate surface area is 110 Å². The number of nitro benzene ring substituents is 1. The van der Waals surface area contributed by atoms with Crippen molar-refractivity contribution in [2.45, 2.75) is 13.8 Å². The number of nitro groups is 1. The fraction of sp³-hybridized carbons (Fsp3) is 0.143. The van der Waals surface area contributed by atoms with Gasteiger partial charge in [0.15, 0.2) is 0 Å². The zero-order chi connectivity index (χ0) is 14.0. The molecule has 0 aliphatic heterocycles. The van der Waals surface area contributed by atoms with E-state index >= 15 is 0 Å². The zero-order valence-corrected chi connectivity index (χ0v) is 10.7. The third kappa shape index (κ3) is 2.82. The van der Waals surface area contributed by atoms with Crippen LogP contribution in [0.4, 0.5) is 11.4 Å². The van der Waals surface area contributed by atoms with E-state index in [0.29, 0.717) is 5.75 Å². The lowest BCUT2D eigenvalue weighted by Crippen LogP contribution is -1.98. The van der Waals surface area contributed by atoms with Crippen molar-refractivity contribution in [3.8, 4) is 11.5 Å². The van der Waals surface area contributed by atoms with Crippen molar-refractivity contribution in [2.24, 2.45) is 0 Å². The second kappa shape index (κ2) is 4.97. The number of para-hydroxylation sites is 1. The maximum absolute atomic E-state index is 11.0. The third-order valence-corrected chi connectivity index (χ3v) is 2.64. The summed E-state index contributed by atoms with van der Waals surface area (Å²) < 4.78 is 5.59. The summed E-state index contributed by atoms with van der Waals surface area (Å²) in [6.07, 6.45) is 0. The van der Waals surface area contributed by atoms with Gasteiger partial charge < -0.3 is 10.5 Å². The second-order valence-corrected chi connectivity index (χ2v) is 4.38. The molecule has 0 unspecified atom stereocenters. The number of hydrogen-bond acceptors (Lipinski definition) is 4. The number of nitrogens with two attached hydrogens (primary N) is 1. The summed E-state index contributed by atoms with van der Waals surface area (Å²) in [7, 11) is 0. The molecule has 0 saturated carbocycles. The minimum absolute atomic E-state index is 0.0897. The Kier molecular flexibility index (Phi) is 3.37. The summed E-state index contributed by atoms with van der Waals surface area (Å²) in [6, 6.07) is 10.3. The molecule has 98 valence electrons. The normalized spacial score (nSPS) is 10.2. The van der Waals surface area contributed by atoms with Crippen LogP contribution in [-0.4, -0.2) is 4.92 Å². The lowest BCUT2D eigenvalue weighted by Gasteiger charge is -2.09. The van der Waals surface area contributed by atoms with E-state index in [-0.39, 0.29) is 17.1 Å². The smallest absolute Gasteiger partial charge is 0.334 e. The fourth-order valence-electron chi connectivity index (χ4n) is 1.94. The molecule has 0 amide bonds. The third-order valence-electron chi connectivity index (χ3n) is 2.64. The largest absolute Gasteiger partial charge is 0.450 e. The highest BCUT2D eigenvalue weighted by Crippen LogP contribution is 2.36. The Morgan fingerprint density at radius 2 is 1.79 bits per heavy atom. The van der Waals surface area contributed by atoms with Gasteiger partial charge >= 0.3 is 5.69 Å². The minimum atomic E-state index is -0.534. The quantitative estimate of drug-likeness (QED) is 0.518. The summed E-state index contributed by atoms with van der Waals surface area (Å²) in [5, 5.41) is 11.0. The molecule has 2 aromatic rings. The number of benzene rings is 2. The molecule has 0 heterocycles. The van der Waals surface area contributed by atoms with Crippen LogP contribution < -0.4 is 10.5 Å². The summed E-state index contributed by atoms with van der Waals surface area (Å²) in [5.74, 6) is 0.709.